The maximum Gasteiger partial charge on any atom is 0.258 e. The van der Waals surface area contributed by atoms with Crippen LogP contribution in [0.4, 0.5) is 10.2 Å². The van der Waals surface area contributed by atoms with Gasteiger partial charge in [0.05, 0.1) is 23.2 Å². The lowest BCUT2D eigenvalue weighted by atomic mass is 9.96. The number of fused-ring (bicyclic) bond motifs is 3. The second-order valence-corrected chi connectivity index (χ2v) is 8.23. The SMILES string of the molecule is CN(c1cnc(-c2cc3ccn(C)c(=O)c3cc2O)nn1)[C@H]1C[C@@H]2CCC(N2)[C@H]1F. The molecule has 4 atom stereocenters. The lowest BCUT2D eigenvalue weighted by molar-refractivity contribution is 0.176. The number of pyridine rings is 1. The predicted octanol–water partition coefficient (Wildman–Crippen LogP) is 1.76. The van der Waals surface area contributed by atoms with E-state index in [4.69, 9.17) is 0 Å². The highest BCUT2D eigenvalue weighted by Gasteiger charge is 2.43. The Labute approximate surface area is 172 Å². The van der Waals surface area contributed by atoms with E-state index >= 15 is 0 Å². The molecule has 1 aromatic carbocycles. The highest BCUT2D eigenvalue weighted by atomic mass is 19.1. The van der Waals surface area contributed by atoms with Crippen molar-refractivity contribution in [3.8, 4) is 17.1 Å². The molecule has 9 heteroatoms. The summed E-state index contributed by atoms with van der Waals surface area (Å²) in [4.78, 5) is 18.4. The number of piperidine rings is 1. The molecule has 1 unspecified atom stereocenters. The third-order valence-corrected chi connectivity index (χ3v) is 6.40. The summed E-state index contributed by atoms with van der Waals surface area (Å²) < 4.78 is 16.3. The quantitative estimate of drug-likeness (QED) is 0.679. The van der Waals surface area contributed by atoms with Gasteiger partial charge in [-0.2, -0.15) is 0 Å². The number of nitrogens with zero attached hydrogens (tertiary/aromatic N) is 5. The van der Waals surface area contributed by atoms with Crippen LogP contribution >= 0.6 is 0 Å². The second-order valence-electron chi connectivity index (χ2n) is 8.23. The third kappa shape index (κ3) is 3.00. The van der Waals surface area contributed by atoms with Crippen molar-refractivity contribution in [3.63, 3.8) is 0 Å². The first-order valence-corrected chi connectivity index (χ1v) is 10.1. The Kier molecular flexibility index (Phi) is 4.43. The van der Waals surface area contributed by atoms with Gasteiger partial charge in [-0.15, -0.1) is 10.2 Å². The zero-order valence-electron chi connectivity index (χ0n) is 16.8. The lowest BCUT2D eigenvalue weighted by Crippen LogP contribution is -2.55. The molecule has 0 amide bonds. The van der Waals surface area contributed by atoms with E-state index in [1.807, 2.05) is 11.9 Å². The number of aryl methyl sites for hydroxylation is 1. The molecule has 2 bridgehead atoms. The standard InChI is InChI=1S/C21H23FN6O2/c1-27-6-5-11-7-14(17(29)9-13(11)21(27)30)20-23-10-18(25-26-20)28(2)16-8-12-3-4-15(24-12)19(16)22/h5-7,9-10,12,15-16,19,24,29H,3-4,8H2,1-2H3/t12-,15?,16-,19+/m0/s1. The van der Waals surface area contributed by atoms with Gasteiger partial charge in [0.1, 0.15) is 11.9 Å². The molecule has 5 rings (SSSR count). The number of halogens is 1. The summed E-state index contributed by atoms with van der Waals surface area (Å²) in [5, 5.41) is 23.3. The van der Waals surface area contributed by atoms with E-state index in [1.54, 1.807) is 31.6 Å². The minimum atomic E-state index is -0.970. The van der Waals surface area contributed by atoms with Crippen molar-refractivity contribution in [3.05, 3.63) is 40.9 Å². The number of benzene rings is 1. The molecule has 156 valence electrons. The molecule has 0 aliphatic carbocycles. The zero-order chi connectivity index (χ0) is 21.0. The van der Waals surface area contributed by atoms with E-state index in [2.05, 4.69) is 20.5 Å². The van der Waals surface area contributed by atoms with Gasteiger partial charge in [-0.25, -0.2) is 9.37 Å². The van der Waals surface area contributed by atoms with Crippen LogP contribution in [0.1, 0.15) is 19.3 Å². The molecule has 2 N–H and O–H groups in total. The van der Waals surface area contributed by atoms with Crippen molar-refractivity contribution in [2.75, 3.05) is 11.9 Å². The molecule has 3 aromatic rings. The van der Waals surface area contributed by atoms with Crippen LogP contribution in [-0.4, -0.2) is 56.2 Å². The fourth-order valence-corrected chi connectivity index (χ4v) is 4.63. The second kappa shape index (κ2) is 7.02. The van der Waals surface area contributed by atoms with Gasteiger partial charge >= 0.3 is 0 Å². The van der Waals surface area contributed by atoms with Crippen molar-refractivity contribution in [2.24, 2.45) is 7.05 Å². The summed E-state index contributed by atoms with van der Waals surface area (Å²) in [5.74, 6) is 0.642. The van der Waals surface area contributed by atoms with E-state index in [0.29, 0.717) is 28.2 Å². The number of rotatable bonds is 3. The lowest BCUT2D eigenvalue weighted by Gasteiger charge is -2.38. The highest BCUT2D eigenvalue weighted by molar-refractivity contribution is 5.88. The van der Waals surface area contributed by atoms with Gasteiger partial charge in [-0.1, -0.05) is 0 Å². The summed E-state index contributed by atoms with van der Waals surface area (Å²) in [6.07, 6.45) is 4.83. The van der Waals surface area contributed by atoms with Crippen LogP contribution in [0, 0.1) is 0 Å². The molecule has 0 saturated carbocycles. The summed E-state index contributed by atoms with van der Waals surface area (Å²) in [6.45, 7) is 0. The van der Waals surface area contributed by atoms with Gasteiger partial charge in [0, 0.05) is 32.4 Å². The summed E-state index contributed by atoms with van der Waals surface area (Å²) in [5.41, 5.74) is 0.197. The van der Waals surface area contributed by atoms with Crippen LogP contribution < -0.4 is 15.8 Å². The fraction of sp³-hybridized carbons (Fsp3) is 0.429. The molecule has 8 nitrogen and oxygen atoms in total. The van der Waals surface area contributed by atoms with Crippen LogP contribution in [0.15, 0.2) is 35.4 Å². The molecule has 2 aliphatic rings. The van der Waals surface area contributed by atoms with Gasteiger partial charge in [0.25, 0.3) is 5.56 Å². The van der Waals surface area contributed by atoms with Gasteiger partial charge in [0.2, 0.25) is 0 Å². The Bertz CT molecular complexity index is 1160. The first-order chi connectivity index (χ1) is 14.4. The summed E-state index contributed by atoms with van der Waals surface area (Å²) >= 11 is 0. The molecule has 2 aliphatic heterocycles. The topological polar surface area (TPSA) is 96.2 Å². The number of alkyl halides is 1. The number of aromatic nitrogens is 4. The van der Waals surface area contributed by atoms with Crippen LogP contribution in [0.3, 0.4) is 0 Å². The predicted molar refractivity (Wildman–Crippen MR) is 111 cm³/mol. The average molecular weight is 410 g/mol. The van der Waals surface area contributed by atoms with E-state index in [1.165, 1.54) is 10.6 Å². The Morgan fingerprint density at radius 3 is 2.90 bits per heavy atom. The monoisotopic (exact) mass is 410 g/mol. The van der Waals surface area contributed by atoms with Gasteiger partial charge in [-0.05, 0) is 42.8 Å². The Hall–Kier alpha value is -3.07. The first-order valence-electron chi connectivity index (χ1n) is 10.1. The number of anilines is 1. The average Bonchev–Trinajstić information content (AvgIpc) is 3.17. The smallest absolute Gasteiger partial charge is 0.258 e. The van der Waals surface area contributed by atoms with Crippen LogP contribution in [-0.2, 0) is 7.05 Å². The molecule has 0 radical (unpaired) electrons. The molecule has 2 fully saturated rings. The largest absolute Gasteiger partial charge is 0.507 e. The Morgan fingerprint density at radius 1 is 1.30 bits per heavy atom. The maximum absolute atomic E-state index is 14.8. The van der Waals surface area contributed by atoms with E-state index < -0.39 is 6.17 Å². The van der Waals surface area contributed by atoms with Crippen molar-refractivity contribution < 1.29 is 9.50 Å². The van der Waals surface area contributed by atoms with Crippen LogP contribution in [0.5, 0.6) is 5.75 Å². The number of hydrogen-bond donors (Lipinski definition) is 2. The molecule has 2 saturated heterocycles. The van der Waals surface area contributed by atoms with Gasteiger partial charge in [0.15, 0.2) is 11.6 Å². The number of phenolic OH excluding ortho intramolecular Hbond substituents is 1. The molecule has 30 heavy (non-hydrogen) atoms. The fourth-order valence-electron chi connectivity index (χ4n) is 4.63. The third-order valence-electron chi connectivity index (χ3n) is 6.40. The minimum absolute atomic E-state index is 0.0903. The van der Waals surface area contributed by atoms with Gasteiger partial charge < -0.3 is 19.9 Å². The maximum atomic E-state index is 14.8. The van der Waals surface area contributed by atoms with E-state index in [-0.39, 0.29) is 29.2 Å². The summed E-state index contributed by atoms with van der Waals surface area (Å²) in [7, 11) is 3.47. The molecule has 2 aromatic heterocycles. The minimum Gasteiger partial charge on any atom is -0.507 e. The normalized spacial score (nSPS) is 25.6. The molecular weight excluding hydrogens is 387 g/mol. The van der Waals surface area contributed by atoms with E-state index in [9.17, 15) is 14.3 Å². The number of nitrogens with one attached hydrogen (secondary N) is 1. The summed E-state index contributed by atoms with van der Waals surface area (Å²) in [6, 6.07) is 4.87. The van der Waals surface area contributed by atoms with Crippen molar-refractivity contribution in [2.45, 2.75) is 43.6 Å². The first kappa shape index (κ1) is 18.9. The highest BCUT2D eigenvalue weighted by Crippen LogP contribution is 2.34. The Morgan fingerprint density at radius 2 is 2.13 bits per heavy atom. The van der Waals surface area contributed by atoms with Crippen molar-refractivity contribution in [1.82, 2.24) is 25.1 Å². The molecule has 4 heterocycles. The van der Waals surface area contributed by atoms with Gasteiger partial charge in [-0.3, -0.25) is 4.79 Å². The number of hydrogen-bond acceptors (Lipinski definition) is 7. The van der Waals surface area contributed by atoms with Crippen molar-refractivity contribution in [1.29, 1.82) is 0 Å². The number of phenols is 1. The zero-order valence-corrected chi connectivity index (χ0v) is 16.8. The molecular formula is C21H23FN6O2. The number of aromatic hydroxyl groups is 1. The molecule has 0 spiro atoms. The van der Waals surface area contributed by atoms with Crippen LogP contribution in [0.25, 0.3) is 22.2 Å². The van der Waals surface area contributed by atoms with E-state index in [0.717, 1.165) is 19.3 Å². The van der Waals surface area contributed by atoms with Crippen LogP contribution in [0.2, 0.25) is 0 Å². The Balaban J connectivity index is 1.44. The van der Waals surface area contributed by atoms with Crippen molar-refractivity contribution >= 4 is 16.6 Å².